The Labute approximate surface area is 174 Å². The van der Waals surface area contributed by atoms with Crippen LogP contribution in [0.2, 0.25) is 0 Å². The highest BCUT2D eigenvalue weighted by atomic mass is 16.3. The Morgan fingerprint density at radius 2 is 1.79 bits per heavy atom. The summed E-state index contributed by atoms with van der Waals surface area (Å²) in [6.45, 7) is 4.89. The predicted molar refractivity (Wildman–Crippen MR) is 111 cm³/mol. The average Bonchev–Trinajstić information content (AvgIpc) is 3.34. The number of Topliss-reactive ketones (excluding diaryl/α,β-unsaturated/α-hetero) is 1. The molecule has 5 rings (SSSR count). The largest absolute Gasteiger partial charge is 0.390 e. The second-order valence-corrected chi connectivity index (χ2v) is 11.0. The molecule has 4 aliphatic carbocycles. The number of carbonyl (C=O) groups excluding carboxylic acids is 1. The van der Waals surface area contributed by atoms with E-state index in [1.54, 1.807) is 17.2 Å². The summed E-state index contributed by atoms with van der Waals surface area (Å²) in [4.78, 5) is 14.7. The molecule has 1 heterocycles. The molecule has 4 aliphatic rings. The molecule has 4 fully saturated rings. The average molecular weight is 400 g/mol. The van der Waals surface area contributed by atoms with Crippen molar-refractivity contribution in [1.82, 2.24) is 15.0 Å². The molecule has 1 aromatic heterocycles. The van der Waals surface area contributed by atoms with Crippen molar-refractivity contribution in [3.8, 4) is 0 Å². The second kappa shape index (κ2) is 7.18. The van der Waals surface area contributed by atoms with E-state index in [2.05, 4.69) is 24.0 Å². The Hall–Kier alpha value is -1.23. The van der Waals surface area contributed by atoms with E-state index in [4.69, 9.17) is 0 Å². The first-order chi connectivity index (χ1) is 13.9. The Kier molecular flexibility index (Phi) is 4.88. The van der Waals surface area contributed by atoms with Crippen molar-refractivity contribution in [2.45, 2.75) is 90.2 Å². The Morgan fingerprint density at radius 1 is 1.03 bits per heavy atom. The SMILES string of the molecule is CC[C@@]1(O)CC[C@H]2[C@@H](CC[C@@H]3[C@@H]2CC[C@]2(C)[C@@H](C(=O)Cn4nccn4)CC[C@@H]32)C1. The van der Waals surface area contributed by atoms with Crippen LogP contribution >= 0.6 is 0 Å². The van der Waals surface area contributed by atoms with Gasteiger partial charge in [0.2, 0.25) is 0 Å². The van der Waals surface area contributed by atoms with E-state index in [0.717, 1.165) is 49.4 Å². The van der Waals surface area contributed by atoms with Crippen molar-refractivity contribution in [2.75, 3.05) is 0 Å². The molecule has 0 aromatic carbocycles. The van der Waals surface area contributed by atoms with E-state index in [0.29, 0.717) is 18.2 Å². The summed E-state index contributed by atoms with van der Waals surface area (Å²) in [5.74, 6) is 4.38. The molecular weight excluding hydrogens is 362 g/mol. The Morgan fingerprint density at radius 3 is 2.55 bits per heavy atom. The molecule has 1 N–H and O–H groups in total. The number of aliphatic hydroxyl groups is 1. The molecule has 8 atom stereocenters. The predicted octanol–water partition coefficient (Wildman–Crippen LogP) is 4.26. The highest BCUT2D eigenvalue weighted by Gasteiger charge is 2.58. The van der Waals surface area contributed by atoms with Gasteiger partial charge in [-0.25, -0.2) is 0 Å². The third kappa shape index (κ3) is 3.19. The summed E-state index contributed by atoms with van der Waals surface area (Å²) < 4.78 is 0. The molecule has 5 nitrogen and oxygen atoms in total. The summed E-state index contributed by atoms with van der Waals surface area (Å²) in [5.41, 5.74) is -0.236. The monoisotopic (exact) mass is 399 g/mol. The number of hydrogen-bond acceptors (Lipinski definition) is 4. The topological polar surface area (TPSA) is 68.0 Å². The van der Waals surface area contributed by atoms with Crippen LogP contribution in [0.1, 0.15) is 78.1 Å². The first-order valence-corrected chi connectivity index (χ1v) is 12.0. The zero-order chi connectivity index (χ0) is 20.2. The minimum Gasteiger partial charge on any atom is -0.390 e. The van der Waals surface area contributed by atoms with Crippen LogP contribution in [0.3, 0.4) is 0 Å². The molecule has 160 valence electrons. The molecule has 0 bridgehead atoms. The van der Waals surface area contributed by atoms with Crippen molar-refractivity contribution in [3.63, 3.8) is 0 Å². The van der Waals surface area contributed by atoms with E-state index in [-0.39, 0.29) is 11.3 Å². The van der Waals surface area contributed by atoms with Gasteiger partial charge in [-0.2, -0.15) is 15.0 Å². The number of ketones is 1. The van der Waals surface area contributed by atoms with Crippen LogP contribution in [0.15, 0.2) is 12.4 Å². The standard InChI is InChI=1S/C24H37N3O2/c1-3-24(29)11-9-17-16(14-24)4-5-19-18(17)8-10-23(2)20(19)6-7-21(23)22(28)15-27-25-12-13-26-27/h12-13,16-21,29H,3-11,14-15H2,1-2H3/t16-,17-,18+,19+,20-,21+,23-,24+/m0/s1. The lowest BCUT2D eigenvalue weighted by Gasteiger charge is -2.57. The fraction of sp³-hybridized carbons (Fsp3) is 0.875. The molecule has 0 saturated heterocycles. The maximum atomic E-state index is 13.1. The van der Waals surface area contributed by atoms with E-state index in [1.165, 1.54) is 38.5 Å². The number of aromatic nitrogens is 3. The molecule has 0 amide bonds. The van der Waals surface area contributed by atoms with Crippen LogP contribution in [-0.4, -0.2) is 31.5 Å². The zero-order valence-electron chi connectivity index (χ0n) is 18.1. The van der Waals surface area contributed by atoms with Crippen molar-refractivity contribution in [3.05, 3.63) is 12.4 Å². The molecule has 0 radical (unpaired) electrons. The van der Waals surface area contributed by atoms with Crippen molar-refractivity contribution in [2.24, 2.45) is 40.9 Å². The minimum atomic E-state index is -0.400. The molecule has 29 heavy (non-hydrogen) atoms. The van der Waals surface area contributed by atoms with Crippen LogP contribution in [0.4, 0.5) is 0 Å². The molecule has 4 saturated carbocycles. The highest BCUT2D eigenvalue weighted by molar-refractivity contribution is 5.81. The maximum Gasteiger partial charge on any atom is 0.159 e. The lowest BCUT2D eigenvalue weighted by Crippen LogP contribution is -2.51. The van der Waals surface area contributed by atoms with Gasteiger partial charge in [-0.1, -0.05) is 13.8 Å². The van der Waals surface area contributed by atoms with E-state index >= 15 is 0 Å². The van der Waals surface area contributed by atoms with Crippen molar-refractivity contribution in [1.29, 1.82) is 0 Å². The molecule has 0 unspecified atom stereocenters. The van der Waals surface area contributed by atoms with Gasteiger partial charge >= 0.3 is 0 Å². The number of fused-ring (bicyclic) bond motifs is 5. The van der Waals surface area contributed by atoms with Gasteiger partial charge in [0.1, 0.15) is 6.54 Å². The maximum absolute atomic E-state index is 13.1. The van der Waals surface area contributed by atoms with Gasteiger partial charge in [0.15, 0.2) is 5.78 Å². The number of nitrogens with zero attached hydrogens (tertiary/aromatic N) is 3. The quantitative estimate of drug-likeness (QED) is 0.821. The molecule has 1 aromatic rings. The van der Waals surface area contributed by atoms with Crippen molar-refractivity contribution < 1.29 is 9.90 Å². The smallest absolute Gasteiger partial charge is 0.159 e. The summed E-state index contributed by atoms with van der Waals surface area (Å²) in [7, 11) is 0. The van der Waals surface area contributed by atoms with Gasteiger partial charge in [-0.3, -0.25) is 4.79 Å². The lowest BCUT2D eigenvalue weighted by atomic mass is 9.48. The Bertz CT molecular complexity index is 749. The summed E-state index contributed by atoms with van der Waals surface area (Å²) in [6.07, 6.45) is 14.8. The van der Waals surface area contributed by atoms with Crippen LogP contribution in [0.25, 0.3) is 0 Å². The third-order valence-corrected chi connectivity index (χ3v) is 9.91. The summed E-state index contributed by atoms with van der Waals surface area (Å²) in [5, 5.41) is 19.2. The molecule has 5 heteroatoms. The van der Waals surface area contributed by atoms with Crippen LogP contribution < -0.4 is 0 Å². The lowest BCUT2D eigenvalue weighted by molar-refractivity contribution is -0.133. The van der Waals surface area contributed by atoms with E-state index in [9.17, 15) is 9.90 Å². The molecule has 0 aliphatic heterocycles. The third-order valence-electron chi connectivity index (χ3n) is 9.91. The van der Waals surface area contributed by atoms with Gasteiger partial charge in [0.25, 0.3) is 0 Å². The normalized spacial score (nSPS) is 46.6. The first kappa shape index (κ1) is 19.7. The van der Waals surface area contributed by atoms with E-state index in [1.807, 2.05) is 0 Å². The first-order valence-electron chi connectivity index (χ1n) is 12.0. The number of rotatable bonds is 4. The molecule has 0 spiro atoms. The van der Waals surface area contributed by atoms with Crippen molar-refractivity contribution >= 4 is 5.78 Å². The van der Waals surface area contributed by atoms with Gasteiger partial charge in [0.05, 0.1) is 18.0 Å². The number of hydrogen-bond donors (Lipinski definition) is 1. The molecular formula is C24H37N3O2. The fourth-order valence-corrected chi connectivity index (χ4v) is 8.39. The summed E-state index contributed by atoms with van der Waals surface area (Å²) in [6, 6.07) is 0. The number of carbonyl (C=O) groups is 1. The second-order valence-electron chi connectivity index (χ2n) is 11.0. The Balaban J connectivity index is 1.31. The zero-order valence-corrected chi connectivity index (χ0v) is 18.1. The minimum absolute atomic E-state index is 0.164. The fourth-order valence-electron chi connectivity index (χ4n) is 8.39. The highest BCUT2D eigenvalue weighted by Crippen LogP contribution is 2.64. The van der Waals surface area contributed by atoms with Crippen LogP contribution in [0.5, 0.6) is 0 Å². The van der Waals surface area contributed by atoms with Gasteiger partial charge in [0, 0.05) is 5.92 Å². The summed E-state index contributed by atoms with van der Waals surface area (Å²) >= 11 is 0. The van der Waals surface area contributed by atoms with Crippen LogP contribution in [0, 0.1) is 40.9 Å². The van der Waals surface area contributed by atoms with E-state index < -0.39 is 5.60 Å². The van der Waals surface area contributed by atoms with Gasteiger partial charge in [-0.15, -0.1) is 0 Å². The van der Waals surface area contributed by atoms with Gasteiger partial charge in [-0.05, 0) is 99.2 Å². The van der Waals surface area contributed by atoms with Crippen LogP contribution in [-0.2, 0) is 11.3 Å². The van der Waals surface area contributed by atoms with Gasteiger partial charge < -0.3 is 5.11 Å².